The maximum Gasteiger partial charge on any atom is 0.127 e. The van der Waals surface area contributed by atoms with Gasteiger partial charge in [0.1, 0.15) is 5.82 Å². The lowest BCUT2D eigenvalue weighted by atomic mass is 10.1. The Hall–Kier alpha value is -2.35. The van der Waals surface area contributed by atoms with Crippen LogP contribution in [-0.2, 0) is 6.42 Å². The van der Waals surface area contributed by atoms with Crippen molar-refractivity contribution in [3.63, 3.8) is 0 Å². The molecule has 2 heteroatoms. The van der Waals surface area contributed by atoms with Gasteiger partial charge in [-0.05, 0) is 42.2 Å². The van der Waals surface area contributed by atoms with Crippen LogP contribution in [0.4, 0.5) is 5.82 Å². The Kier molecular flexibility index (Phi) is 2.66. The van der Waals surface area contributed by atoms with Crippen molar-refractivity contribution in [3.05, 3.63) is 71.8 Å². The number of benzene rings is 2. The molecule has 1 heterocycles. The molecule has 0 aliphatic heterocycles. The van der Waals surface area contributed by atoms with E-state index in [2.05, 4.69) is 53.8 Å². The van der Waals surface area contributed by atoms with Gasteiger partial charge in [0.05, 0.1) is 11.6 Å². The number of pyridine rings is 1. The molecule has 0 saturated carbocycles. The van der Waals surface area contributed by atoms with Gasteiger partial charge in [0.15, 0.2) is 0 Å². The predicted octanol–water partition coefficient (Wildman–Crippen LogP) is 4.33. The maximum absolute atomic E-state index is 4.70. The summed E-state index contributed by atoms with van der Waals surface area (Å²) in [5.74, 6) is 0.963. The fraction of sp³-hybridized carbons (Fsp3) is 0.167. The molecule has 1 aliphatic carbocycles. The summed E-state index contributed by atoms with van der Waals surface area (Å²) in [5.41, 5.74) is 3.93. The molecule has 98 valence electrons. The lowest BCUT2D eigenvalue weighted by Gasteiger charge is -2.15. The summed E-state index contributed by atoms with van der Waals surface area (Å²) in [6, 6.07) is 21.5. The lowest BCUT2D eigenvalue weighted by molar-refractivity contribution is 0.758. The van der Waals surface area contributed by atoms with Crippen LogP contribution in [0.3, 0.4) is 0 Å². The second-order valence-corrected chi connectivity index (χ2v) is 5.32. The quantitative estimate of drug-likeness (QED) is 0.741. The molecular weight excluding hydrogens is 244 g/mol. The summed E-state index contributed by atoms with van der Waals surface area (Å²) in [5, 5.41) is 4.76. The van der Waals surface area contributed by atoms with Gasteiger partial charge in [-0.25, -0.2) is 4.98 Å². The summed E-state index contributed by atoms with van der Waals surface area (Å²) < 4.78 is 0. The highest BCUT2D eigenvalue weighted by atomic mass is 15.0. The topological polar surface area (TPSA) is 24.9 Å². The molecular formula is C18H16N2. The summed E-state index contributed by atoms with van der Waals surface area (Å²) in [7, 11) is 0. The molecule has 2 aromatic carbocycles. The molecule has 3 aromatic rings. The van der Waals surface area contributed by atoms with Crippen molar-refractivity contribution in [1.29, 1.82) is 0 Å². The molecule has 0 radical (unpaired) electrons. The highest BCUT2D eigenvalue weighted by Crippen LogP contribution is 2.33. The number of anilines is 1. The van der Waals surface area contributed by atoms with E-state index in [0.29, 0.717) is 6.04 Å². The van der Waals surface area contributed by atoms with E-state index in [0.717, 1.165) is 24.2 Å². The zero-order valence-electron chi connectivity index (χ0n) is 11.2. The van der Waals surface area contributed by atoms with Crippen molar-refractivity contribution in [3.8, 4) is 0 Å². The lowest BCUT2D eigenvalue weighted by Crippen LogP contribution is -2.08. The fourth-order valence-electron chi connectivity index (χ4n) is 3.03. The Morgan fingerprint density at radius 2 is 1.75 bits per heavy atom. The molecule has 1 atom stereocenters. The van der Waals surface area contributed by atoms with E-state index in [9.17, 15) is 0 Å². The molecule has 1 aliphatic rings. The molecule has 0 amide bonds. The van der Waals surface area contributed by atoms with Crippen LogP contribution in [0.2, 0.25) is 0 Å². The Balaban J connectivity index is 1.65. The molecule has 2 nitrogen and oxygen atoms in total. The first-order valence-corrected chi connectivity index (χ1v) is 7.10. The summed E-state index contributed by atoms with van der Waals surface area (Å²) in [6.07, 6.45) is 2.30. The van der Waals surface area contributed by atoms with E-state index in [-0.39, 0.29) is 0 Å². The standard InChI is InChI=1S/C18H16N2/c1-3-7-15-13(5-1)9-11-17(15)20-18-12-10-14-6-2-4-8-16(14)19-18/h1-8,10,12,17H,9,11H2,(H,19,20)/t17-/m1/s1. The minimum absolute atomic E-state index is 0.389. The van der Waals surface area contributed by atoms with Gasteiger partial charge in [0, 0.05) is 5.39 Å². The van der Waals surface area contributed by atoms with Crippen LogP contribution in [0.5, 0.6) is 0 Å². The highest BCUT2D eigenvalue weighted by Gasteiger charge is 2.21. The van der Waals surface area contributed by atoms with Crippen LogP contribution in [-0.4, -0.2) is 4.98 Å². The third kappa shape index (κ3) is 1.94. The predicted molar refractivity (Wildman–Crippen MR) is 82.9 cm³/mol. The molecule has 1 N–H and O–H groups in total. The second kappa shape index (κ2) is 4.64. The number of hydrogen-bond donors (Lipinski definition) is 1. The number of nitrogens with zero attached hydrogens (tertiary/aromatic N) is 1. The molecule has 0 spiro atoms. The van der Waals surface area contributed by atoms with Crippen LogP contribution in [0.25, 0.3) is 10.9 Å². The van der Waals surface area contributed by atoms with Crippen molar-refractivity contribution in [2.24, 2.45) is 0 Å². The Labute approximate surface area is 118 Å². The van der Waals surface area contributed by atoms with Gasteiger partial charge in [-0.1, -0.05) is 42.5 Å². The third-order valence-corrected chi connectivity index (χ3v) is 4.05. The van der Waals surface area contributed by atoms with Gasteiger partial charge in [-0.2, -0.15) is 0 Å². The number of para-hydroxylation sites is 1. The summed E-state index contributed by atoms with van der Waals surface area (Å²) in [6.45, 7) is 0. The van der Waals surface area contributed by atoms with E-state index < -0.39 is 0 Å². The van der Waals surface area contributed by atoms with E-state index in [1.165, 1.54) is 16.5 Å². The number of aryl methyl sites for hydroxylation is 1. The average molecular weight is 260 g/mol. The summed E-state index contributed by atoms with van der Waals surface area (Å²) in [4.78, 5) is 4.70. The van der Waals surface area contributed by atoms with Crippen molar-refractivity contribution in [1.82, 2.24) is 4.98 Å². The third-order valence-electron chi connectivity index (χ3n) is 4.05. The Morgan fingerprint density at radius 3 is 2.75 bits per heavy atom. The van der Waals surface area contributed by atoms with Gasteiger partial charge >= 0.3 is 0 Å². The monoisotopic (exact) mass is 260 g/mol. The first kappa shape index (κ1) is 11.5. The number of hydrogen-bond acceptors (Lipinski definition) is 2. The number of rotatable bonds is 2. The number of nitrogens with one attached hydrogen (secondary N) is 1. The number of aromatic nitrogens is 1. The first-order chi connectivity index (χ1) is 9.90. The maximum atomic E-state index is 4.70. The van der Waals surface area contributed by atoms with Crippen molar-refractivity contribution < 1.29 is 0 Å². The molecule has 20 heavy (non-hydrogen) atoms. The van der Waals surface area contributed by atoms with Crippen molar-refractivity contribution in [2.75, 3.05) is 5.32 Å². The second-order valence-electron chi connectivity index (χ2n) is 5.32. The Bertz CT molecular complexity index is 764. The average Bonchev–Trinajstić information content (AvgIpc) is 2.91. The zero-order valence-corrected chi connectivity index (χ0v) is 11.2. The van der Waals surface area contributed by atoms with Crippen molar-refractivity contribution in [2.45, 2.75) is 18.9 Å². The molecule has 0 fully saturated rings. The van der Waals surface area contributed by atoms with Crippen molar-refractivity contribution >= 4 is 16.7 Å². The zero-order chi connectivity index (χ0) is 13.4. The molecule has 0 bridgehead atoms. The van der Waals surface area contributed by atoms with Gasteiger partial charge in [-0.15, -0.1) is 0 Å². The minimum atomic E-state index is 0.389. The fourth-order valence-corrected chi connectivity index (χ4v) is 3.03. The van der Waals surface area contributed by atoms with E-state index >= 15 is 0 Å². The van der Waals surface area contributed by atoms with Gasteiger partial charge in [0.2, 0.25) is 0 Å². The summed E-state index contributed by atoms with van der Waals surface area (Å²) >= 11 is 0. The Morgan fingerprint density at radius 1 is 0.900 bits per heavy atom. The van der Waals surface area contributed by atoms with Crippen LogP contribution >= 0.6 is 0 Å². The minimum Gasteiger partial charge on any atom is -0.363 e. The molecule has 0 saturated heterocycles. The smallest absolute Gasteiger partial charge is 0.127 e. The highest BCUT2D eigenvalue weighted by molar-refractivity contribution is 5.80. The SMILES string of the molecule is c1ccc2c(c1)CC[C@H]2Nc1ccc2ccccc2n1. The van der Waals surface area contributed by atoms with Crippen LogP contribution in [0, 0.1) is 0 Å². The van der Waals surface area contributed by atoms with Crippen LogP contribution in [0.1, 0.15) is 23.6 Å². The van der Waals surface area contributed by atoms with E-state index in [1.807, 2.05) is 12.1 Å². The van der Waals surface area contributed by atoms with Crippen LogP contribution < -0.4 is 5.32 Å². The van der Waals surface area contributed by atoms with E-state index in [1.54, 1.807) is 0 Å². The first-order valence-electron chi connectivity index (χ1n) is 7.10. The van der Waals surface area contributed by atoms with Gasteiger partial charge in [0.25, 0.3) is 0 Å². The molecule has 4 rings (SSSR count). The molecule has 1 aromatic heterocycles. The number of fused-ring (bicyclic) bond motifs is 2. The largest absolute Gasteiger partial charge is 0.363 e. The van der Waals surface area contributed by atoms with Gasteiger partial charge in [-0.3, -0.25) is 0 Å². The van der Waals surface area contributed by atoms with E-state index in [4.69, 9.17) is 4.98 Å². The molecule has 0 unspecified atom stereocenters. The van der Waals surface area contributed by atoms with Crippen LogP contribution in [0.15, 0.2) is 60.7 Å². The van der Waals surface area contributed by atoms with Gasteiger partial charge < -0.3 is 5.32 Å². The normalized spacial score (nSPS) is 17.1.